The molecule has 6 heteroatoms. The van der Waals surface area contributed by atoms with Crippen LogP contribution in [0.15, 0.2) is 11.8 Å². The molecule has 0 aliphatic carbocycles. The van der Waals surface area contributed by atoms with E-state index in [9.17, 15) is 4.79 Å². The number of carbonyl (C=O) groups excluding carboxylic acids is 1. The van der Waals surface area contributed by atoms with E-state index in [4.69, 9.17) is 15.3 Å². The predicted octanol–water partition coefficient (Wildman–Crippen LogP) is -1.89. The van der Waals surface area contributed by atoms with Gasteiger partial charge in [-0.15, -0.1) is 0 Å². The van der Waals surface area contributed by atoms with E-state index in [1.807, 2.05) is 0 Å². The van der Waals surface area contributed by atoms with Gasteiger partial charge in [-0.05, 0) is 6.08 Å². The van der Waals surface area contributed by atoms with Crippen molar-refractivity contribution >= 4 is 5.97 Å². The Bertz CT molecular complexity index is 235. The van der Waals surface area contributed by atoms with Gasteiger partial charge in [0.2, 0.25) is 12.0 Å². The number of ether oxygens (including phenoxy) is 2. The largest absolute Gasteiger partial charge is 0.463 e. The van der Waals surface area contributed by atoms with Crippen LogP contribution in [0.5, 0.6) is 0 Å². The lowest BCUT2D eigenvalue weighted by atomic mass is 10.1. The summed E-state index contributed by atoms with van der Waals surface area (Å²) >= 11 is 0. The van der Waals surface area contributed by atoms with E-state index in [1.54, 1.807) is 0 Å². The molecule has 1 aliphatic heterocycles. The number of rotatable bonds is 1. The summed E-state index contributed by atoms with van der Waals surface area (Å²) in [5, 5.41) is 27.1. The molecule has 0 bridgehead atoms. The molecule has 0 aromatic rings. The van der Waals surface area contributed by atoms with Gasteiger partial charge in [0, 0.05) is 0 Å². The average Bonchev–Trinajstić information content (AvgIpc) is 2.12. The summed E-state index contributed by atoms with van der Waals surface area (Å²) in [5.74, 6) is -1.13. The van der Waals surface area contributed by atoms with Crippen LogP contribution in [-0.4, -0.2) is 46.9 Å². The van der Waals surface area contributed by atoms with E-state index in [0.29, 0.717) is 0 Å². The van der Waals surface area contributed by atoms with Crippen molar-refractivity contribution in [3.05, 3.63) is 11.8 Å². The van der Waals surface area contributed by atoms with Crippen LogP contribution in [0.25, 0.3) is 0 Å². The summed E-state index contributed by atoms with van der Waals surface area (Å²) in [6.45, 7) is 0. The van der Waals surface area contributed by atoms with Gasteiger partial charge >= 0.3 is 5.97 Å². The molecular weight excluding hydrogens is 180 g/mol. The smallest absolute Gasteiger partial charge is 0.373 e. The standard InChI is InChI=1S/C7H10O6/c1-12-6(10)4-2-3(8)5(9)7(11)13-4/h2-3,5,7-9,11H,1H3/t3-,5+,7?/m0/s1. The molecule has 0 saturated carbocycles. The highest BCUT2D eigenvalue weighted by Gasteiger charge is 2.33. The van der Waals surface area contributed by atoms with E-state index < -0.39 is 24.5 Å². The van der Waals surface area contributed by atoms with Crippen molar-refractivity contribution in [1.29, 1.82) is 0 Å². The maximum atomic E-state index is 10.8. The molecule has 0 spiro atoms. The lowest BCUT2D eigenvalue weighted by Crippen LogP contribution is -2.42. The Labute approximate surface area is 74.0 Å². The van der Waals surface area contributed by atoms with Crippen molar-refractivity contribution in [3.63, 3.8) is 0 Å². The van der Waals surface area contributed by atoms with Crippen LogP contribution >= 0.6 is 0 Å². The molecule has 74 valence electrons. The fourth-order valence-electron chi connectivity index (χ4n) is 0.878. The zero-order chi connectivity index (χ0) is 10.0. The maximum absolute atomic E-state index is 10.8. The Morgan fingerprint density at radius 2 is 2.15 bits per heavy atom. The molecule has 3 atom stereocenters. The topological polar surface area (TPSA) is 96.2 Å². The number of carbonyl (C=O) groups is 1. The molecule has 3 N–H and O–H groups in total. The van der Waals surface area contributed by atoms with E-state index >= 15 is 0 Å². The number of hydrogen-bond acceptors (Lipinski definition) is 6. The van der Waals surface area contributed by atoms with E-state index in [2.05, 4.69) is 9.47 Å². The molecule has 0 radical (unpaired) electrons. The zero-order valence-electron chi connectivity index (χ0n) is 6.88. The molecule has 0 amide bonds. The van der Waals surface area contributed by atoms with Crippen molar-refractivity contribution in [2.75, 3.05) is 7.11 Å². The van der Waals surface area contributed by atoms with Crippen LogP contribution in [0.2, 0.25) is 0 Å². The highest BCUT2D eigenvalue weighted by molar-refractivity contribution is 5.86. The molecule has 0 saturated heterocycles. The fourth-order valence-corrected chi connectivity index (χ4v) is 0.878. The Kier molecular flexibility index (Phi) is 2.86. The summed E-state index contributed by atoms with van der Waals surface area (Å²) in [5.41, 5.74) is 0. The van der Waals surface area contributed by atoms with Crippen molar-refractivity contribution in [3.8, 4) is 0 Å². The predicted molar refractivity (Wildman–Crippen MR) is 39.2 cm³/mol. The molecule has 0 fully saturated rings. The third-order valence-electron chi connectivity index (χ3n) is 1.60. The van der Waals surface area contributed by atoms with Crippen LogP contribution in [0.4, 0.5) is 0 Å². The second-order valence-electron chi connectivity index (χ2n) is 2.51. The third kappa shape index (κ3) is 1.97. The first-order valence-electron chi connectivity index (χ1n) is 3.57. The van der Waals surface area contributed by atoms with Gasteiger partial charge in [-0.2, -0.15) is 0 Å². The highest BCUT2D eigenvalue weighted by Crippen LogP contribution is 2.17. The van der Waals surface area contributed by atoms with E-state index in [1.165, 1.54) is 0 Å². The second-order valence-corrected chi connectivity index (χ2v) is 2.51. The minimum atomic E-state index is -1.62. The van der Waals surface area contributed by atoms with Gasteiger partial charge in [0.15, 0.2) is 0 Å². The lowest BCUT2D eigenvalue weighted by molar-refractivity contribution is -0.184. The minimum absolute atomic E-state index is 0.312. The first kappa shape index (κ1) is 9.97. The molecule has 1 heterocycles. The zero-order valence-corrected chi connectivity index (χ0v) is 6.88. The number of hydrogen-bond donors (Lipinski definition) is 3. The normalized spacial score (nSPS) is 33.2. The Hall–Kier alpha value is -1.11. The lowest BCUT2D eigenvalue weighted by Gasteiger charge is -2.26. The quantitative estimate of drug-likeness (QED) is 0.418. The summed E-state index contributed by atoms with van der Waals surface area (Å²) < 4.78 is 8.84. The number of methoxy groups -OCH3 is 1. The van der Waals surface area contributed by atoms with Crippen LogP contribution < -0.4 is 0 Å². The van der Waals surface area contributed by atoms with Crippen LogP contribution in [-0.2, 0) is 14.3 Å². The van der Waals surface area contributed by atoms with Crippen LogP contribution in [0.3, 0.4) is 0 Å². The second kappa shape index (κ2) is 3.73. The monoisotopic (exact) mass is 190 g/mol. The summed E-state index contributed by atoms with van der Waals surface area (Å²) in [6, 6.07) is 0. The van der Waals surface area contributed by atoms with Gasteiger partial charge in [-0.25, -0.2) is 4.79 Å². The van der Waals surface area contributed by atoms with Crippen LogP contribution in [0.1, 0.15) is 0 Å². The Morgan fingerprint density at radius 3 is 2.62 bits per heavy atom. The van der Waals surface area contributed by atoms with Crippen molar-refractivity contribution in [2.45, 2.75) is 18.5 Å². The number of aliphatic hydroxyl groups excluding tert-OH is 3. The number of aliphatic hydroxyl groups is 3. The first-order chi connectivity index (χ1) is 6.06. The van der Waals surface area contributed by atoms with Crippen molar-refractivity contribution in [2.24, 2.45) is 0 Å². The van der Waals surface area contributed by atoms with Gasteiger partial charge in [0.1, 0.15) is 12.2 Å². The summed E-state index contributed by atoms with van der Waals surface area (Å²) in [6.07, 6.45) is -3.43. The molecule has 0 aromatic carbocycles. The molecule has 6 nitrogen and oxygen atoms in total. The Morgan fingerprint density at radius 1 is 1.54 bits per heavy atom. The number of esters is 1. The van der Waals surface area contributed by atoms with Gasteiger partial charge in [-0.1, -0.05) is 0 Å². The van der Waals surface area contributed by atoms with Crippen molar-refractivity contribution in [1.82, 2.24) is 0 Å². The highest BCUT2D eigenvalue weighted by atomic mass is 16.6. The van der Waals surface area contributed by atoms with Gasteiger partial charge in [0.05, 0.1) is 7.11 Å². The average molecular weight is 190 g/mol. The first-order valence-corrected chi connectivity index (χ1v) is 3.57. The fraction of sp³-hybridized carbons (Fsp3) is 0.571. The molecule has 1 rings (SSSR count). The molecule has 13 heavy (non-hydrogen) atoms. The van der Waals surface area contributed by atoms with Gasteiger partial charge in [-0.3, -0.25) is 0 Å². The maximum Gasteiger partial charge on any atom is 0.373 e. The third-order valence-corrected chi connectivity index (χ3v) is 1.60. The summed E-state index contributed by atoms with van der Waals surface area (Å²) in [7, 11) is 1.14. The van der Waals surface area contributed by atoms with Crippen LogP contribution in [0, 0.1) is 0 Å². The summed E-state index contributed by atoms with van der Waals surface area (Å²) in [4.78, 5) is 10.8. The van der Waals surface area contributed by atoms with Gasteiger partial charge in [0.25, 0.3) is 0 Å². The molecular formula is C7H10O6. The van der Waals surface area contributed by atoms with Crippen molar-refractivity contribution < 1.29 is 29.6 Å². The minimum Gasteiger partial charge on any atom is -0.463 e. The Balaban J connectivity index is 2.78. The SMILES string of the molecule is COC(=O)C1=C[C@H](O)[C@@H](O)C(O)O1. The molecule has 1 unspecified atom stereocenters. The van der Waals surface area contributed by atoms with Gasteiger partial charge < -0.3 is 24.8 Å². The molecule has 1 aliphatic rings. The molecule has 0 aromatic heterocycles. The van der Waals surface area contributed by atoms with E-state index in [-0.39, 0.29) is 5.76 Å². The van der Waals surface area contributed by atoms with E-state index in [0.717, 1.165) is 13.2 Å².